The second kappa shape index (κ2) is 13.0. The van der Waals surface area contributed by atoms with Crippen LogP contribution >= 0.6 is 0 Å². The SMILES string of the molecule is [2H]c1c([2H])c([2H])c2c(c1[2H])-c1ccccc1-[n+]1[c-]n(-c3cccc(Oc4ccc5c6ccccc6n(-c6nccc7c6-c6ccccc6C7(C)C)c5c4)c3)c3cccc(c31)-c1c([2H])c([2H])c([2H])c([2H])c1-2. The number of pyridine rings is 1. The van der Waals surface area contributed by atoms with Gasteiger partial charge in [0.05, 0.1) is 44.4 Å². The lowest BCUT2D eigenvalue weighted by atomic mass is 9.83. The number of aromatic nitrogens is 4. The summed E-state index contributed by atoms with van der Waals surface area (Å²) in [5, 5.41) is 2.16. The molecule has 0 spiro atoms. The first-order valence-corrected chi connectivity index (χ1v) is 20.6. The van der Waals surface area contributed by atoms with Crippen LogP contribution in [0, 0.1) is 6.33 Å². The van der Waals surface area contributed by atoms with Crippen LogP contribution in [0.25, 0.3) is 94.5 Å². The minimum atomic E-state index is -0.508. The summed E-state index contributed by atoms with van der Waals surface area (Å²) in [5.74, 6) is 2.02. The Morgan fingerprint density at radius 3 is 2.05 bits per heavy atom. The molecule has 2 aliphatic rings. The molecule has 0 unspecified atom stereocenters. The third-order valence-electron chi connectivity index (χ3n) is 12.6. The van der Waals surface area contributed by atoms with Crippen LogP contribution in [-0.2, 0) is 5.41 Å². The first-order chi connectivity index (χ1) is 33.8. The van der Waals surface area contributed by atoms with E-state index in [0.29, 0.717) is 45.0 Å². The topological polar surface area (TPSA) is 35.9 Å². The molecule has 3 aromatic heterocycles. The minimum absolute atomic E-state index is 0.00212. The third-order valence-corrected chi connectivity index (χ3v) is 12.6. The number of ether oxygens (including phenoxy) is 1. The molecule has 4 heterocycles. The second-order valence-corrected chi connectivity index (χ2v) is 16.3. The van der Waals surface area contributed by atoms with Gasteiger partial charge in [-0.15, -0.1) is 0 Å². The van der Waals surface area contributed by atoms with E-state index in [0.717, 1.165) is 33.2 Å². The largest absolute Gasteiger partial charge is 0.458 e. The standard InChI is InChI=1S/C57H38N4O/c1-57(2)48-25-10-7-23-47(48)54-49(57)31-32-58-56(54)61-51-27-12-9-22-44(51)45-30-29-38(34-53(45)61)62-37-16-13-15-36(33-37)59-35-60-50-26-11-8-21-43(50)41-19-5-3-17-39(41)40-18-4-6-20-42(40)46-24-14-28-52(59)55(46)60/h3-34H,1-2H3/i3D,4D,5D,6D,17D,18D,19D,20D. The molecule has 8 aromatic carbocycles. The highest BCUT2D eigenvalue weighted by molar-refractivity contribution is 6.10. The van der Waals surface area contributed by atoms with Crippen molar-refractivity contribution in [2.45, 2.75) is 19.3 Å². The van der Waals surface area contributed by atoms with Gasteiger partial charge in [-0.25, -0.2) is 4.98 Å². The molecule has 62 heavy (non-hydrogen) atoms. The molecule has 5 nitrogen and oxygen atoms in total. The van der Waals surface area contributed by atoms with E-state index in [9.17, 15) is 5.48 Å². The summed E-state index contributed by atoms with van der Waals surface area (Å²) in [5.41, 5.74) is 10.1. The van der Waals surface area contributed by atoms with Crippen LogP contribution in [0.2, 0.25) is 0 Å². The number of imidazole rings is 1. The minimum Gasteiger partial charge on any atom is -0.458 e. The summed E-state index contributed by atoms with van der Waals surface area (Å²) in [4.78, 5) is 5.09. The number of rotatable bonds is 4. The van der Waals surface area contributed by atoms with Gasteiger partial charge < -0.3 is 4.74 Å². The molecule has 0 bridgehead atoms. The van der Waals surface area contributed by atoms with Gasteiger partial charge in [0.1, 0.15) is 17.3 Å². The molecular formula is C57H38N4O. The van der Waals surface area contributed by atoms with Crippen LogP contribution in [0.4, 0.5) is 0 Å². The Balaban J connectivity index is 0.994. The molecule has 0 saturated carbocycles. The number of benzene rings is 8. The van der Waals surface area contributed by atoms with Crippen molar-refractivity contribution in [3.63, 3.8) is 0 Å². The zero-order valence-corrected chi connectivity index (χ0v) is 33.6. The number of para-hydroxylation sites is 3. The summed E-state index contributed by atoms with van der Waals surface area (Å²) >= 11 is 0. The smallest absolute Gasteiger partial charge is 0.269 e. The average Bonchev–Trinajstić information content (AvgIpc) is 4.01. The maximum atomic E-state index is 9.37. The van der Waals surface area contributed by atoms with Gasteiger partial charge in [0.25, 0.3) is 6.33 Å². The molecule has 0 atom stereocenters. The Kier molecular flexibility index (Phi) is 5.80. The molecule has 0 N–H and O–H groups in total. The summed E-state index contributed by atoms with van der Waals surface area (Å²) in [6.45, 7) is 4.54. The Morgan fingerprint density at radius 1 is 0.565 bits per heavy atom. The van der Waals surface area contributed by atoms with Crippen LogP contribution in [0.1, 0.15) is 35.9 Å². The van der Waals surface area contributed by atoms with Crippen molar-refractivity contribution in [3.05, 3.63) is 212 Å². The van der Waals surface area contributed by atoms with E-state index in [1.54, 1.807) is 18.2 Å². The van der Waals surface area contributed by atoms with Crippen molar-refractivity contribution in [1.29, 1.82) is 0 Å². The molecule has 5 heteroatoms. The predicted octanol–water partition coefficient (Wildman–Crippen LogP) is 13.6. The van der Waals surface area contributed by atoms with Crippen molar-refractivity contribution in [3.8, 4) is 73.2 Å². The summed E-state index contributed by atoms with van der Waals surface area (Å²) in [6.07, 6.45) is 5.46. The van der Waals surface area contributed by atoms with Gasteiger partial charge in [0.2, 0.25) is 0 Å². The van der Waals surface area contributed by atoms with Gasteiger partial charge in [-0.1, -0.05) is 147 Å². The Morgan fingerprint density at radius 2 is 1.21 bits per heavy atom. The molecule has 0 saturated heterocycles. The fourth-order valence-corrected chi connectivity index (χ4v) is 9.87. The number of fused-ring (bicyclic) bond motifs is 13. The highest BCUT2D eigenvalue weighted by Crippen LogP contribution is 2.51. The fourth-order valence-electron chi connectivity index (χ4n) is 9.87. The molecular weight excluding hydrogens is 757 g/mol. The van der Waals surface area contributed by atoms with E-state index >= 15 is 0 Å². The monoisotopic (exact) mass is 802 g/mol. The van der Waals surface area contributed by atoms with Gasteiger partial charge in [0.15, 0.2) is 0 Å². The van der Waals surface area contributed by atoms with E-state index in [-0.39, 0.29) is 39.8 Å². The van der Waals surface area contributed by atoms with E-state index in [2.05, 4.69) is 91.5 Å². The molecule has 292 valence electrons. The van der Waals surface area contributed by atoms with Crippen LogP contribution in [0.15, 0.2) is 194 Å². The van der Waals surface area contributed by atoms with Crippen LogP contribution < -0.4 is 9.30 Å². The van der Waals surface area contributed by atoms with Gasteiger partial charge in [-0.3, -0.25) is 13.7 Å². The van der Waals surface area contributed by atoms with Crippen molar-refractivity contribution in [1.82, 2.24) is 14.1 Å². The molecule has 1 aliphatic carbocycles. The normalized spacial score (nSPS) is 14.9. The quantitative estimate of drug-likeness (QED) is 0.131. The second-order valence-electron chi connectivity index (χ2n) is 16.3. The maximum Gasteiger partial charge on any atom is 0.269 e. The first-order valence-electron chi connectivity index (χ1n) is 24.6. The van der Waals surface area contributed by atoms with Crippen molar-refractivity contribution < 1.29 is 20.3 Å². The Bertz CT molecular complexity index is 4140. The van der Waals surface area contributed by atoms with Crippen LogP contribution in [0.5, 0.6) is 11.5 Å². The lowest BCUT2D eigenvalue weighted by molar-refractivity contribution is -0.571. The Labute approximate surface area is 370 Å². The van der Waals surface area contributed by atoms with Crippen molar-refractivity contribution in [2.75, 3.05) is 0 Å². The van der Waals surface area contributed by atoms with Gasteiger partial charge >= 0.3 is 0 Å². The number of nitrogens with zero attached hydrogens (tertiary/aromatic N) is 4. The zero-order valence-electron chi connectivity index (χ0n) is 41.6. The molecule has 11 aromatic rings. The van der Waals surface area contributed by atoms with Crippen LogP contribution in [0.3, 0.4) is 0 Å². The van der Waals surface area contributed by atoms with Crippen LogP contribution in [-0.4, -0.2) is 14.1 Å². The summed E-state index contributed by atoms with van der Waals surface area (Å²) < 4.78 is 85.0. The molecule has 0 radical (unpaired) electrons. The van der Waals surface area contributed by atoms with Crippen molar-refractivity contribution >= 4 is 32.8 Å². The van der Waals surface area contributed by atoms with Gasteiger partial charge in [-0.2, -0.15) is 0 Å². The molecule has 0 amide bonds. The summed E-state index contributed by atoms with van der Waals surface area (Å²) in [7, 11) is 0. The van der Waals surface area contributed by atoms with Gasteiger partial charge in [-0.05, 0) is 98.6 Å². The fraction of sp³-hybridized carbons (Fsp3) is 0.0526. The average molecular weight is 803 g/mol. The lowest BCUT2D eigenvalue weighted by Gasteiger charge is -2.21. The molecule has 13 rings (SSSR count). The number of hydrogen-bond donors (Lipinski definition) is 0. The van der Waals surface area contributed by atoms with Crippen molar-refractivity contribution in [2.24, 2.45) is 0 Å². The molecule has 0 fully saturated rings. The Hall–Kier alpha value is -8.02. The van der Waals surface area contributed by atoms with E-state index < -0.39 is 36.3 Å². The highest BCUT2D eigenvalue weighted by atomic mass is 16.5. The molecule has 1 aliphatic heterocycles. The van der Waals surface area contributed by atoms with Gasteiger partial charge in [0, 0.05) is 34.0 Å². The van der Waals surface area contributed by atoms with E-state index in [1.807, 2.05) is 69.9 Å². The predicted molar refractivity (Wildman–Crippen MR) is 250 cm³/mol. The summed E-state index contributed by atoms with van der Waals surface area (Å²) in [6, 6.07) is 42.2. The number of hydrogen-bond acceptors (Lipinski definition) is 2. The van der Waals surface area contributed by atoms with E-state index in [4.69, 9.17) is 15.2 Å². The van der Waals surface area contributed by atoms with E-state index in [1.165, 1.54) is 16.7 Å². The lowest BCUT2D eigenvalue weighted by Crippen LogP contribution is -2.30. The third kappa shape index (κ3) is 4.90. The zero-order chi connectivity index (χ0) is 48.1. The highest BCUT2D eigenvalue weighted by Gasteiger charge is 2.38. The maximum absolute atomic E-state index is 9.37. The first kappa shape index (κ1) is 27.7.